The normalized spacial score (nSPS) is 14.9. The van der Waals surface area contributed by atoms with Crippen LogP contribution >= 0.6 is 25.3 Å². The van der Waals surface area contributed by atoms with Crippen molar-refractivity contribution in [1.29, 1.82) is 0 Å². The molecule has 0 fully saturated rings. The van der Waals surface area contributed by atoms with Crippen molar-refractivity contribution in [2.24, 2.45) is 46.6 Å². The number of hydrogen-bond acceptors (Lipinski definition) is 25. The highest BCUT2D eigenvalue weighted by Crippen LogP contribution is 2.25. The summed E-state index contributed by atoms with van der Waals surface area (Å²) < 4.78 is 0. The van der Waals surface area contributed by atoms with E-state index < -0.39 is 308 Å². The molecule has 0 spiro atoms. The predicted molar refractivity (Wildman–Crippen MR) is 538 cm³/mol. The lowest BCUT2D eigenvalue weighted by Crippen LogP contribution is -2.63. The Morgan fingerprint density at radius 1 is 0.301 bits per heavy atom. The molecule has 7 aromatic rings. The van der Waals surface area contributed by atoms with Gasteiger partial charge in [-0.05, 0) is 103 Å². The van der Waals surface area contributed by atoms with Gasteiger partial charge in [-0.1, -0.05) is 140 Å². The molecule has 0 radical (unpaired) electrons. The minimum absolute atomic E-state index is 0.0250. The summed E-state index contributed by atoms with van der Waals surface area (Å²) in [6.45, 7) is 14.3. The van der Waals surface area contributed by atoms with E-state index in [-0.39, 0.29) is 43.9 Å². The van der Waals surface area contributed by atoms with Crippen molar-refractivity contribution in [2.75, 3.05) is 11.5 Å². The van der Waals surface area contributed by atoms with E-state index >= 15 is 28.8 Å². The van der Waals surface area contributed by atoms with Gasteiger partial charge in [0.05, 0.1) is 31.4 Å². The number of carbonyl (C=O) groups excluding carboxylic acids is 18. The topological polar surface area (TPSA) is 771 Å². The highest BCUT2D eigenvalue weighted by Gasteiger charge is 2.42. The number of H-pyrrole nitrogens is 3. The van der Waals surface area contributed by atoms with E-state index in [1.807, 2.05) is 0 Å². The molecule has 30 N–H and O–H groups in total. The van der Waals surface area contributed by atoms with Crippen molar-refractivity contribution < 1.29 is 121 Å². The molecule has 4 aromatic carbocycles. The van der Waals surface area contributed by atoms with Crippen LogP contribution in [0, 0.1) is 23.7 Å². The Balaban J connectivity index is 1.13. The first-order valence-corrected chi connectivity index (χ1v) is 48.6. The van der Waals surface area contributed by atoms with E-state index in [1.165, 1.54) is 26.2 Å². The molecule has 3 heterocycles. The standard InChI is InChI=1S/C97H132N22O25S2/c1-46(2)31-64(108-84(130)63(28-30-78(124)125)106-88(134)67(35-52-41-102-59-24-16-13-21-55(52)59)112-90(136)71(40-77(101)123)114-93(139)73(44-145)116-95(141)80(49(7)8)118-91(137)68(107-82(128)58(98)38-79(126)127)36-53-42-103-60-25-17-14-22-56(53)60)85(131)110-66(34-51-19-11-10-12-20-51)87(133)105-62(27-29-75(99)121)83(129)111-69(37-54-43-104-61-26-18-15-23-57(54)61)92(138)119-81(50(9)120)96(142)117-74(45-146)94(140)113-70(39-76(100)122)89(135)109-65(32-47(3)4)86(132)115-72(97(143)144)33-48(5)6/h10-26,41-43,46-50,58,62-74,80-81,102-104,120,145-146H,27-40,44-45,98H2,1-9H3,(H2,99,121)(H2,100,122)(H2,101,123)(H,105,133)(H,106,134)(H,107,128)(H,108,130)(H,109,135)(H,110,131)(H,111,129)(H,112,136)(H,113,140)(H,114,139)(H,115,132)(H,116,141)(H,117,142)(H,118,137)(H,119,138)(H,124,125)(H,126,127)(H,143,144)/t50-,58+,62+,63+,64+,65+,66+,67+,68+,69+,70+,71+,72+,73+,74+,80+,81+/m1/s1. The van der Waals surface area contributed by atoms with Gasteiger partial charge in [0.15, 0.2) is 0 Å². The Kier molecular flexibility index (Phi) is 46.0. The number of thiol groups is 2. The fraction of sp³-hybridized carbons (Fsp3) is 0.474. The van der Waals surface area contributed by atoms with Gasteiger partial charge in [-0.3, -0.25) is 95.9 Å². The summed E-state index contributed by atoms with van der Waals surface area (Å²) in [6.07, 6.45) is -4.32. The Labute approximate surface area is 850 Å². The summed E-state index contributed by atoms with van der Waals surface area (Å²) in [5.41, 5.74) is 26.2. The number of aliphatic carboxylic acids is 3. The first-order chi connectivity index (χ1) is 68.9. The van der Waals surface area contributed by atoms with Crippen LogP contribution in [-0.2, 0) is 126 Å². The first kappa shape index (κ1) is 118. The zero-order valence-corrected chi connectivity index (χ0v) is 83.8. The summed E-state index contributed by atoms with van der Waals surface area (Å²) in [5, 5.41) is 79.6. The van der Waals surface area contributed by atoms with E-state index in [9.17, 15) is 92.3 Å². The number of carboxylic acids is 3. The maximum atomic E-state index is 15.2. The molecule has 49 heteroatoms. The van der Waals surface area contributed by atoms with Crippen LogP contribution in [0.25, 0.3) is 32.7 Å². The van der Waals surface area contributed by atoms with E-state index in [0.29, 0.717) is 55.0 Å². The smallest absolute Gasteiger partial charge is 0.326 e. The number of para-hydroxylation sites is 3. The molecule has 3 aromatic heterocycles. The summed E-state index contributed by atoms with van der Waals surface area (Å²) in [4.78, 5) is 302. The lowest BCUT2D eigenvalue weighted by molar-refractivity contribution is -0.143. The van der Waals surface area contributed by atoms with Crippen molar-refractivity contribution >= 4 is 182 Å². The van der Waals surface area contributed by atoms with Crippen LogP contribution in [-0.4, -0.2) is 274 Å². The molecule has 17 atom stereocenters. The Bertz CT molecular complexity index is 5830. The lowest BCUT2D eigenvalue weighted by atomic mass is 9.99. The summed E-state index contributed by atoms with van der Waals surface area (Å²) in [6, 6.07) is 1.09. The highest BCUT2D eigenvalue weighted by molar-refractivity contribution is 7.80. The second kappa shape index (κ2) is 56.9. The number of primary amides is 3. The molecule has 792 valence electrons. The number of rotatable bonds is 61. The third-order valence-electron chi connectivity index (χ3n) is 23.5. The summed E-state index contributed by atoms with van der Waals surface area (Å²) in [5.74, 6) is -27.1. The number of hydrogen-bond donors (Lipinski definition) is 28. The van der Waals surface area contributed by atoms with E-state index in [4.69, 9.17) is 22.9 Å². The van der Waals surface area contributed by atoms with Gasteiger partial charge in [0.1, 0.15) is 90.6 Å². The SMILES string of the molecule is CC(C)C[C@H](NC(=O)[C@H](CC(C)C)NC(=O)[C@H](CC(N)=O)NC(=O)[C@H](CS)NC(=O)[C@@H](NC(=O)[C@H](Cc1c[nH]c2ccccc12)NC(=O)[C@H](CCC(N)=O)NC(=O)[C@H](Cc1ccccc1)NC(=O)[C@H](CC(C)C)NC(=O)[C@H](CCC(=O)O)NC(=O)[C@H](Cc1c[nH]c2ccccc12)NC(=O)[C@H](CC(N)=O)NC(=O)[C@H](CS)NC(=O)[C@@H](NC(=O)[C@H](Cc1c[nH]c2ccccc12)NC(=O)[C@@H](N)CC(=O)O)C(C)C)[C@@H](C)O)C(=O)O. The van der Waals surface area contributed by atoms with Gasteiger partial charge in [0.2, 0.25) is 106 Å². The number of benzene rings is 4. The van der Waals surface area contributed by atoms with Crippen LogP contribution in [0.4, 0.5) is 0 Å². The average Bonchev–Trinajstić information content (AvgIpc) is 1.74. The lowest BCUT2D eigenvalue weighted by Gasteiger charge is -2.29. The Hall–Kier alpha value is -15.0. The van der Waals surface area contributed by atoms with Gasteiger partial charge in [0.25, 0.3) is 0 Å². The molecule has 0 aliphatic rings. The van der Waals surface area contributed by atoms with Gasteiger partial charge in [-0.2, -0.15) is 25.3 Å². The van der Waals surface area contributed by atoms with Crippen molar-refractivity contribution in [3.05, 3.63) is 144 Å². The molecule has 0 saturated carbocycles. The van der Waals surface area contributed by atoms with Crippen molar-refractivity contribution in [3.63, 3.8) is 0 Å². The van der Waals surface area contributed by atoms with Crippen LogP contribution in [0.1, 0.15) is 149 Å². The van der Waals surface area contributed by atoms with Crippen LogP contribution in [0.5, 0.6) is 0 Å². The summed E-state index contributed by atoms with van der Waals surface area (Å²) in [7, 11) is 0. The van der Waals surface area contributed by atoms with Crippen LogP contribution in [0.15, 0.2) is 122 Å². The zero-order chi connectivity index (χ0) is 108. The molecule has 0 aliphatic carbocycles. The maximum Gasteiger partial charge on any atom is 0.326 e. The molecular formula is C97H132N22O25S2. The summed E-state index contributed by atoms with van der Waals surface area (Å²) >= 11 is 8.53. The third kappa shape index (κ3) is 37.0. The fourth-order valence-electron chi connectivity index (χ4n) is 15.9. The van der Waals surface area contributed by atoms with E-state index in [2.05, 4.69) is 120 Å². The largest absolute Gasteiger partial charge is 0.481 e. The molecule has 47 nitrogen and oxygen atoms in total. The van der Waals surface area contributed by atoms with Crippen molar-refractivity contribution in [1.82, 2.24) is 94.7 Å². The number of aliphatic hydroxyl groups is 1. The molecule has 146 heavy (non-hydrogen) atoms. The molecule has 0 unspecified atom stereocenters. The minimum Gasteiger partial charge on any atom is -0.481 e. The van der Waals surface area contributed by atoms with Crippen molar-refractivity contribution in [2.45, 2.75) is 255 Å². The van der Waals surface area contributed by atoms with Gasteiger partial charge < -0.3 is 138 Å². The molecule has 18 amide bonds. The van der Waals surface area contributed by atoms with Crippen LogP contribution in [0.2, 0.25) is 0 Å². The number of carbonyl (C=O) groups is 21. The molecule has 7 rings (SSSR count). The van der Waals surface area contributed by atoms with Gasteiger partial charge in [0, 0.05) is 101 Å². The molecule has 0 bridgehead atoms. The second-order valence-corrected chi connectivity index (χ2v) is 37.9. The Morgan fingerprint density at radius 3 is 0.938 bits per heavy atom. The number of aromatic nitrogens is 3. The van der Waals surface area contributed by atoms with Gasteiger partial charge >= 0.3 is 17.9 Å². The second-order valence-electron chi connectivity index (χ2n) is 37.2. The van der Waals surface area contributed by atoms with E-state index in [0.717, 1.165) is 6.92 Å². The first-order valence-electron chi connectivity index (χ1n) is 47.4. The maximum absolute atomic E-state index is 15.2. The fourth-order valence-corrected chi connectivity index (χ4v) is 16.4. The number of amides is 18. The number of aliphatic hydroxyl groups excluding tert-OH is 1. The molecule has 0 aliphatic heterocycles. The van der Waals surface area contributed by atoms with Crippen LogP contribution in [0.3, 0.4) is 0 Å². The average molecular weight is 2070 g/mol. The quantitative estimate of drug-likeness (QED) is 0.0175. The number of nitrogens with two attached hydrogens (primary N) is 4. The number of carboxylic acid groups (broad SMARTS) is 3. The minimum atomic E-state index is -2.01. The number of fused-ring (bicyclic) bond motifs is 3. The molecule has 0 saturated heterocycles. The monoisotopic (exact) mass is 2070 g/mol. The van der Waals surface area contributed by atoms with Crippen LogP contribution < -0.4 is 103 Å². The van der Waals surface area contributed by atoms with Crippen molar-refractivity contribution in [3.8, 4) is 0 Å². The van der Waals surface area contributed by atoms with Gasteiger partial charge in [-0.15, -0.1) is 0 Å². The highest BCUT2D eigenvalue weighted by atomic mass is 32.1. The number of aromatic amines is 3. The zero-order valence-electron chi connectivity index (χ0n) is 82.1. The predicted octanol–water partition coefficient (Wildman–Crippen LogP) is -2.52. The van der Waals surface area contributed by atoms with Gasteiger partial charge in [-0.25, -0.2) is 4.79 Å². The number of nitrogens with one attached hydrogen (secondary N) is 18. The third-order valence-corrected chi connectivity index (χ3v) is 24.2. The molecular weight excluding hydrogens is 1940 g/mol. The Morgan fingerprint density at radius 2 is 0.589 bits per heavy atom. The van der Waals surface area contributed by atoms with E-state index in [1.54, 1.807) is 151 Å².